The number of rotatable bonds is 5. The van der Waals surface area contributed by atoms with Crippen molar-refractivity contribution in [2.75, 3.05) is 0 Å². The molecule has 0 spiro atoms. The van der Waals surface area contributed by atoms with Crippen molar-refractivity contribution >= 4 is 15.9 Å². The average molecular weight is 309 g/mol. The van der Waals surface area contributed by atoms with Crippen LogP contribution in [0.25, 0.3) is 0 Å². The molecule has 116 valence electrons. The fraction of sp³-hybridized carbons (Fsp3) is 0.562. The molecule has 2 rings (SSSR count). The summed E-state index contributed by atoms with van der Waals surface area (Å²) in [7, 11) is -3.74. The highest BCUT2D eigenvalue weighted by Crippen LogP contribution is 2.34. The van der Waals surface area contributed by atoms with E-state index in [9.17, 15) is 13.2 Å². The Hall–Kier alpha value is -1.36. The summed E-state index contributed by atoms with van der Waals surface area (Å²) in [6.07, 6.45) is 2.94. The van der Waals surface area contributed by atoms with Gasteiger partial charge < -0.3 is 0 Å². The van der Waals surface area contributed by atoms with Gasteiger partial charge in [0.1, 0.15) is 0 Å². The molecule has 5 heteroatoms. The number of hydrogen-bond donors (Lipinski definition) is 0. The summed E-state index contributed by atoms with van der Waals surface area (Å²) in [5.74, 6) is -0.404. The molecule has 4 nitrogen and oxygen atoms in total. The van der Waals surface area contributed by atoms with Crippen LogP contribution in [0.3, 0.4) is 0 Å². The maximum Gasteiger partial charge on any atom is 0.266 e. The number of benzene rings is 1. The maximum atomic E-state index is 12.8. The number of aryl methyl sites for hydroxylation is 1. The fourth-order valence-corrected chi connectivity index (χ4v) is 4.61. The van der Waals surface area contributed by atoms with Crippen LogP contribution < -0.4 is 0 Å². The van der Waals surface area contributed by atoms with Gasteiger partial charge in [0.15, 0.2) is 0 Å². The minimum absolute atomic E-state index is 0.165. The van der Waals surface area contributed by atoms with Crippen molar-refractivity contribution in [3.05, 3.63) is 29.8 Å². The van der Waals surface area contributed by atoms with Crippen LogP contribution in [0, 0.1) is 12.8 Å². The van der Waals surface area contributed by atoms with Crippen molar-refractivity contribution in [3.63, 3.8) is 0 Å². The highest BCUT2D eigenvalue weighted by atomic mass is 32.2. The number of carbonyl (C=O) groups is 1. The van der Waals surface area contributed by atoms with Gasteiger partial charge in [0.2, 0.25) is 5.91 Å². The van der Waals surface area contributed by atoms with E-state index in [1.165, 1.54) is 0 Å². The van der Waals surface area contributed by atoms with E-state index < -0.39 is 10.0 Å². The second kappa shape index (κ2) is 6.18. The first-order valence-electron chi connectivity index (χ1n) is 7.56. The Bertz CT molecular complexity index is 607. The molecule has 1 unspecified atom stereocenters. The molecule has 1 aliphatic rings. The van der Waals surface area contributed by atoms with Crippen LogP contribution in [0.2, 0.25) is 0 Å². The van der Waals surface area contributed by atoms with Gasteiger partial charge in [-0.15, -0.1) is 0 Å². The van der Waals surface area contributed by atoms with Crippen LogP contribution in [0.4, 0.5) is 0 Å². The third-order valence-corrected chi connectivity index (χ3v) is 6.01. The van der Waals surface area contributed by atoms with Gasteiger partial charge in [-0.3, -0.25) is 4.79 Å². The molecular weight excluding hydrogens is 286 g/mol. The summed E-state index contributed by atoms with van der Waals surface area (Å²) in [6, 6.07) is 6.50. The summed E-state index contributed by atoms with van der Waals surface area (Å²) in [5.41, 5.74) is 0.998. The quantitative estimate of drug-likeness (QED) is 0.839. The van der Waals surface area contributed by atoms with E-state index in [0.717, 1.165) is 22.7 Å². The molecule has 0 aromatic heterocycles. The van der Waals surface area contributed by atoms with Gasteiger partial charge in [-0.05, 0) is 38.3 Å². The molecule has 0 N–H and O–H groups in total. The zero-order valence-electron chi connectivity index (χ0n) is 12.9. The Morgan fingerprint density at radius 1 is 1.19 bits per heavy atom. The van der Waals surface area contributed by atoms with Crippen LogP contribution >= 0.6 is 0 Å². The second-order valence-electron chi connectivity index (χ2n) is 5.74. The summed E-state index contributed by atoms with van der Waals surface area (Å²) in [5, 5.41) is 0. The number of carbonyl (C=O) groups excluding carboxylic acids is 1. The zero-order valence-corrected chi connectivity index (χ0v) is 13.7. The van der Waals surface area contributed by atoms with Crippen LogP contribution in [-0.2, 0) is 14.8 Å². The molecule has 21 heavy (non-hydrogen) atoms. The first-order valence-corrected chi connectivity index (χ1v) is 9.00. The molecule has 0 bridgehead atoms. The van der Waals surface area contributed by atoms with Crippen LogP contribution in [0.5, 0.6) is 0 Å². The molecule has 1 fully saturated rings. The van der Waals surface area contributed by atoms with Crippen LogP contribution in [-0.4, -0.2) is 24.7 Å². The highest BCUT2D eigenvalue weighted by Gasteiger charge is 2.44. The third-order valence-electron chi connectivity index (χ3n) is 4.15. The summed E-state index contributed by atoms with van der Waals surface area (Å²) in [6.45, 7) is 5.86. The molecule has 1 saturated heterocycles. The van der Waals surface area contributed by atoms with Gasteiger partial charge in [-0.2, -0.15) is 0 Å². The molecule has 1 aromatic rings. The van der Waals surface area contributed by atoms with Crippen molar-refractivity contribution < 1.29 is 13.2 Å². The van der Waals surface area contributed by atoms with Crippen molar-refractivity contribution in [1.29, 1.82) is 0 Å². The largest absolute Gasteiger partial charge is 0.273 e. The Kier molecular flexibility index (Phi) is 4.71. The van der Waals surface area contributed by atoms with Crippen LogP contribution in [0.1, 0.15) is 45.1 Å². The second-order valence-corrected chi connectivity index (χ2v) is 7.55. The van der Waals surface area contributed by atoms with E-state index in [1.807, 2.05) is 20.8 Å². The van der Waals surface area contributed by atoms with E-state index in [2.05, 4.69) is 0 Å². The number of hydrogen-bond acceptors (Lipinski definition) is 3. The van der Waals surface area contributed by atoms with E-state index in [0.29, 0.717) is 12.8 Å². The van der Waals surface area contributed by atoms with Gasteiger partial charge in [0, 0.05) is 12.0 Å². The topological polar surface area (TPSA) is 54.5 Å². The van der Waals surface area contributed by atoms with E-state index in [4.69, 9.17) is 0 Å². The Morgan fingerprint density at radius 3 is 2.33 bits per heavy atom. The van der Waals surface area contributed by atoms with E-state index in [-0.39, 0.29) is 22.8 Å². The lowest BCUT2D eigenvalue weighted by atomic mass is 10.0. The molecule has 2 atom stereocenters. The van der Waals surface area contributed by atoms with Gasteiger partial charge >= 0.3 is 0 Å². The fourth-order valence-electron chi connectivity index (χ4n) is 2.93. The molecule has 0 radical (unpaired) electrons. The smallest absolute Gasteiger partial charge is 0.266 e. The van der Waals surface area contributed by atoms with Gasteiger partial charge in [-0.1, -0.05) is 38.0 Å². The van der Waals surface area contributed by atoms with Crippen molar-refractivity contribution in [1.82, 2.24) is 4.31 Å². The normalized spacial score (nSPS) is 22.8. The minimum atomic E-state index is -3.74. The summed E-state index contributed by atoms with van der Waals surface area (Å²) < 4.78 is 26.8. The first-order chi connectivity index (χ1) is 9.91. The third kappa shape index (κ3) is 2.98. The molecule has 0 saturated carbocycles. The van der Waals surface area contributed by atoms with Crippen molar-refractivity contribution in [2.45, 2.75) is 57.4 Å². The minimum Gasteiger partial charge on any atom is -0.273 e. The SMILES string of the molecule is CCC[C@@H]1CC(CC)C(=O)N1S(=O)(=O)c1ccc(C)cc1. The van der Waals surface area contributed by atoms with E-state index >= 15 is 0 Å². The van der Waals surface area contributed by atoms with Gasteiger partial charge in [-0.25, -0.2) is 12.7 Å². The Morgan fingerprint density at radius 2 is 1.81 bits per heavy atom. The summed E-state index contributed by atoms with van der Waals surface area (Å²) >= 11 is 0. The van der Waals surface area contributed by atoms with Crippen molar-refractivity contribution in [3.8, 4) is 0 Å². The average Bonchev–Trinajstić information content (AvgIpc) is 2.76. The van der Waals surface area contributed by atoms with E-state index in [1.54, 1.807) is 24.3 Å². The van der Waals surface area contributed by atoms with Crippen molar-refractivity contribution in [2.24, 2.45) is 5.92 Å². The number of amides is 1. The first kappa shape index (κ1) is 16.0. The predicted molar refractivity (Wildman–Crippen MR) is 82.3 cm³/mol. The Balaban J connectivity index is 2.40. The lowest BCUT2D eigenvalue weighted by Crippen LogP contribution is -2.39. The number of nitrogens with zero attached hydrogens (tertiary/aromatic N) is 1. The maximum absolute atomic E-state index is 12.8. The molecule has 0 aliphatic carbocycles. The molecule has 1 aliphatic heterocycles. The lowest BCUT2D eigenvalue weighted by molar-refractivity contribution is -0.127. The molecule has 1 aromatic carbocycles. The zero-order chi connectivity index (χ0) is 15.6. The predicted octanol–water partition coefficient (Wildman–Crippen LogP) is 3.11. The van der Waals surface area contributed by atoms with Gasteiger partial charge in [0.25, 0.3) is 10.0 Å². The highest BCUT2D eigenvalue weighted by molar-refractivity contribution is 7.89. The van der Waals surface area contributed by atoms with Crippen LogP contribution in [0.15, 0.2) is 29.2 Å². The number of sulfonamides is 1. The Labute approximate surface area is 127 Å². The molecule has 1 heterocycles. The molecule has 1 amide bonds. The lowest BCUT2D eigenvalue weighted by Gasteiger charge is -2.24. The van der Waals surface area contributed by atoms with Gasteiger partial charge in [0.05, 0.1) is 4.90 Å². The molecular formula is C16H23NO3S. The monoisotopic (exact) mass is 309 g/mol. The summed E-state index contributed by atoms with van der Waals surface area (Å²) in [4.78, 5) is 12.7. The standard InChI is InChI=1S/C16H23NO3S/c1-4-6-14-11-13(5-2)16(18)17(14)21(19,20)15-9-7-12(3)8-10-15/h7-10,13-14H,4-6,11H2,1-3H3/t13?,14-/m1/s1.